The SMILES string of the molecule is Cc1noc(C)c1C(=O)NCc1nnc2n1CC[C@@H](C(F)(F)F)C2. The molecule has 0 radical (unpaired) electrons. The molecule has 0 aliphatic carbocycles. The van der Waals surface area contributed by atoms with Crippen LogP contribution in [0.25, 0.3) is 0 Å². The van der Waals surface area contributed by atoms with E-state index in [1.165, 1.54) is 0 Å². The van der Waals surface area contributed by atoms with Crippen LogP contribution in [0.5, 0.6) is 0 Å². The summed E-state index contributed by atoms with van der Waals surface area (Å²) in [6.07, 6.45) is -4.43. The molecule has 0 bridgehead atoms. The highest BCUT2D eigenvalue weighted by molar-refractivity contribution is 5.95. The van der Waals surface area contributed by atoms with Crippen molar-refractivity contribution in [1.29, 1.82) is 0 Å². The van der Waals surface area contributed by atoms with Crippen molar-refractivity contribution in [3.8, 4) is 0 Å². The Balaban J connectivity index is 1.68. The predicted molar refractivity (Wildman–Crippen MR) is 75.0 cm³/mol. The number of hydrogen-bond donors (Lipinski definition) is 1. The molecule has 1 aliphatic rings. The van der Waals surface area contributed by atoms with E-state index in [9.17, 15) is 18.0 Å². The number of carbonyl (C=O) groups is 1. The van der Waals surface area contributed by atoms with Gasteiger partial charge in [0, 0.05) is 13.0 Å². The van der Waals surface area contributed by atoms with Crippen molar-refractivity contribution in [2.24, 2.45) is 5.92 Å². The zero-order valence-corrected chi connectivity index (χ0v) is 13.1. The fraction of sp³-hybridized carbons (Fsp3) is 0.571. The second-order valence-corrected chi connectivity index (χ2v) is 5.80. The molecule has 2 aromatic rings. The van der Waals surface area contributed by atoms with Crippen LogP contribution >= 0.6 is 0 Å². The van der Waals surface area contributed by atoms with Gasteiger partial charge in [0.15, 0.2) is 5.82 Å². The maximum Gasteiger partial charge on any atom is 0.392 e. The Bertz CT molecular complexity index is 746. The summed E-state index contributed by atoms with van der Waals surface area (Å²) in [4.78, 5) is 12.2. The maximum absolute atomic E-state index is 12.8. The summed E-state index contributed by atoms with van der Waals surface area (Å²) < 4.78 is 45.0. The summed E-state index contributed by atoms with van der Waals surface area (Å²) in [5, 5.41) is 14.1. The van der Waals surface area contributed by atoms with Crippen molar-refractivity contribution in [3.05, 3.63) is 28.7 Å². The summed E-state index contributed by atoms with van der Waals surface area (Å²) >= 11 is 0. The fourth-order valence-electron chi connectivity index (χ4n) is 2.85. The average Bonchev–Trinajstić information content (AvgIpc) is 3.07. The topological polar surface area (TPSA) is 85.8 Å². The summed E-state index contributed by atoms with van der Waals surface area (Å²) in [6, 6.07) is 0. The highest BCUT2D eigenvalue weighted by atomic mass is 19.4. The Morgan fingerprint density at radius 2 is 2.12 bits per heavy atom. The molecule has 10 heteroatoms. The number of aromatic nitrogens is 4. The third-order valence-electron chi connectivity index (χ3n) is 4.16. The molecule has 1 atom stereocenters. The smallest absolute Gasteiger partial charge is 0.361 e. The van der Waals surface area contributed by atoms with E-state index in [4.69, 9.17) is 4.52 Å². The minimum absolute atomic E-state index is 0.0145. The van der Waals surface area contributed by atoms with Crippen LogP contribution in [0.15, 0.2) is 4.52 Å². The van der Waals surface area contributed by atoms with Gasteiger partial charge in [0.25, 0.3) is 5.91 Å². The molecule has 0 spiro atoms. The zero-order valence-electron chi connectivity index (χ0n) is 13.1. The minimum atomic E-state index is -4.23. The molecular weight excluding hydrogens is 327 g/mol. The number of nitrogens with one attached hydrogen (secondary N) is 1. The largest absolute Gasteiger partial charge is 0.392 e. The van der Waals surface area contributed by atoms with E-state index >= 15 is 0 Å². The standard InChI is InChI=1S/C14H16F3N5O2/c1-7-12(8(2)24-21-7)13(23)18-6-11-20-19-10-5-9(14(15,16)17)3-4-22(10)11/h9H,3-6H2,1-2H3,(H,18,23)/t9-/m1/s1. The van der Waals surface area contributed by atoms with E-state index in [1.807, 2.05) is 0 Å². The number of nitrogens with zero attached hydrogens (tertiary/aromatic N) is 4. The second-order valence-electron chi connectivity index (χ2n) is 5.80. The highest BCUT2D eigenvalue weighted by Crippen LogP contribution is 2.34. The van der Waals surface area contributed by atoms with Crippen LogP contribution < -0.4 is 5.32 Å². The van der Waals surface area contributed by atoms with Crippen LogP contribution in [0.3, 0.4) is 0 Å². The van der Waals surface area contributed by atoms with E-state index in [-0.39, 0.29) is 31.8 Å². The first-order chi connectivity index (χ1) is 11.3. The van der Waals surface area contributed by atoms with E-state index in [0.717, 1.165) is 0 Å². The summed E-state index contributed by atoms with van der Waals surface area (Å²) in [6.45, 7) is 3.54. The van der Waals surface area contributed by atoms with Crippen LogP contribution in [0, 0.1) is 19.8 Å². The maximum atomic E-state index is 12.8. The molecule has 3 heterocycles. The van der Waals surface area contributed by atoms with Gasteiger partial charge in [-0.1, -0.05) is 5.16 Å². The summed E-state index contributed by atoms with van der Waals surface area (Å²) in [7, 11) is 0. The first kappa shape index (κ1) is 16.5. The molecule has 1 aliphatic heterocycles. The van der Waals surface area contributed by atoms with Gasteiger partial charge in [-0.05, 0) is 20.3 Å². The lowest BCUT2D eigenvalue weighted by atomic mass is 9.97. The molecule has 1 amide bonds. The van der Waals surface area contributed by atoms with Crippen molar-refractivity contribution in [3.63, 3.8) is 0 Å². The lowest BCUT2D eigenvalue weighted by molar-refractivity contribution is -0.179. The Kier molecular flexibility index (Phi) is 4.06. The van der Waals surface area contributed by atoms with Gasteiger partial charge < -0.3 is 14.4 Å². The van der Waals surface area contributed by atoms with Crippen molar-refractivity contribution >= 4 is 5.91 Å². The molecule has 0 fully saturated rings. The molecule has 0 aromatic carbocycles. The lowest BCUT2D eigenvalue weighted by Crippen LogP contribution is -2.32. The molecule has 0 unspecified atom stereocenters. The fourth-order valence-corrected chi connectivity index (χ4v) is 2.85. The van der Waals surface area contributed by atoms with E-state index in [0.29, 0.717) is 28.7 Å². The first-order valence-electron chi connectivity index (χ1n) is 7.46. The van der Waals surface area contributed by atoms with Crippen LogP contribution in [0.2, 0.25) is 0 Å². The number of rotatable bonds is 3. The molecule has 7 nitrogen and oxygen atoms in total. The molecule has 1 N–H and O–H groups in total. The summed E-state index contributed by atoms with van der Waals surface area (Å²) in [5.74, 6) is -0.622. The predicted octanol–water partition coefficient (Wildman–Crippen LogP) is 1.94. The van der Waals surface area contributed by atoms with Crippen molar-refractivity contribution in [2.45, 2.75) is 46.0 Å². The number of fused-ring (bicyclic) bond motifs is 1. The Morgan fingerprint density at radius 3 is 2.75 bits per heavy atom. The third kappa shape index (κ3) is 3.00. The van der Waals surface area contributed by atoms with Crippen molar-refractivity contribution in [1.82, 2.24) is 25.2 Å². The molecule has 0 saturated carbocycles. The molecule has 3 rings (SSSR count). The third-order valence-corrected chi connectivity index (χ3v) is 4.16. The molecular formula is C14H16F3N5O2. The molecule has 0 saturated heterocycles. The van der Waals surface area contributed by atoms with Crippen LogP contribution in [0.4, 0.5) is 13.2 Å². The van der Waals surface area contributed by atoms with Crippen molar-refractivity contribution in [2.75, 3.05) is 0 Å². The zero-order chi connectivity index (χ0) is 17.5. The minimum Gasteiger partial charge on any atom is -0.361 e. The monoisotopic (exact) mass is 343 g/mol. The normalized spacial score (nSPS) is 17.6. The number of aryl methyl sites for hydroxylation is 2. The number of carbonyl (C=O) groups excluding carboxylic acids is 1. The second kappa shape index (κ2) is 5.91. The van der Waals surface area contributed by atoms with Gasteiger partial charge in [0.1, 0.15) is 17.1 Å². The number of alkyl halides is 3. The van der Waals surface area contributed by atoms with E-state index < -0.39 is 12.1 Å². The van der Waals surface area contributed by atoms with Crippen LogP contribution in [0.1, 0.15) is 39.9 Å². The average molecular weight is 343 g/mol. The van der Waals surface area contributed by atoms with Gasteiger partial charge in [-0.25, -0.2) is 0 Å². The quantitative estimate of drug-likeness (QED) is 0.920. The summed E-state index contributed by atoms with van der Waals surface area (Å²) in [5.41, 5.74) is 0.826. The Hall–Kier alpha value is -2.39. The molecule has 24 heavy (non-hydrogen) atoms. The van der Waals surface area contributed by atoms with Gasteiger partial charge in [-0.3, -0.25) is 4.79 Å². The van der Waals surface area contributed by atoms with Gasteiger partial charge in [-0.2, -0.15) is 13.2 Å². The molecule has 130 valence electrons. The van der Waals surface area contributed by atoms with Crippen LogP contribution in [-0.2, 0) is 19.5 Å². The lowest BCUT2D eigenvalue weighted by Gasteiger charge is -2.25. The molecule has 2 aromatic heterocycles. The van der Waals surface area contributed by atoms with Gasteiger partial charge in [-0.15, -0.1) is 10.2 Å². The van der Waals surface area contributed by atoms with Gasteiger partial charge in [0.2, 0.25) is 0 Å². The Labute approximate surface area is 135 Å². The Morgan fingerprint density at radius 1 is 1.38 bits per heavy atom. The van der Waals surface area contributed by atoms with E-state index in [2.05, 4.69) is 20.7 Å². The van der Waals surface area contributed by atoms with E-state index in [1.54, 1.807) is 18.4 Å². The first-order valence-corrected chi connectivity index (χ1v) is 7.46. The number of hydrogen-bond acceptors (Lipinski definition) is 5. The van der Waals surface area contributed by atoms with Gasteiger partial charge >= 0.3 is 6.18 Å². The highest BCUT2D eigenvalue weighted by Gasteiger charge is 2.42. The van der Waals surface area contributed by atoms with Crippen LogP contribution in [-0.4, -0.2) is 32.0 Å². The number of halogens is 3. The van der Waals surface area contributed by atoms with Crippen molar-refractivity contribution < 1.29 is 22.5 Å². The number of amides is 1. The van der Waals surface area contributed by atoms with Gasteiger partial charge in [0.05, 0.1) is 18.2 Å².